The van der Waals surface area contributed by atoms with Crippen molar-refractivity contribution in [1.29, 1.82) is 0 Å². The molecule has 2 atom stereocenters. The van der Waals surface area contributed by atoms with E-state index in [9.17, 15) is 9.59 Å². The van der Waals surface area contributed by atoms with Crippen LogP contribution in [0.4, 0.5) is 0 Å². The van der Waals surface area contributed by atoms with Crippen molar-refractivity contribution in [2.45, 2.75) is 38.0 Å². The van der Waals surface area contributed by atoms with Crippen LogP contribution in [0.25, 0.3) is 0 Å². The van der Waals surface area contributed by atoms with Crippen LogP contribution in [0.5, 0.6) is 5.75 Å². The fourth-order valence-corrected chi connectivity index (χ4v) is 4.24. The lowest BCUT2D eigenvalue weighted by molar-refractivity contribution is -0.148. The lowest BCUT2D eigenvalue weighted by Gasteiger charge is -2.35. The summed E-state index contributed by atoms with van der Waals surface area (Å²) in [6.07, 6.45) is 1.59. The van der Waals surface area contributed by atoms with E-state index in [0.29, 0.717) is 43.3 Å². The van der Waals surface area contributed by atoms with Crippen molar-refractivity contribution in [3.8, 4) is 5.75 Å². The maximum Gasteiger partial charge on any atom is 0.258 e. The predicted octanol–water partition coefficient (Wildman–Crippen LogP) is 3.62. The summed E-state index contributed by atoms with van der Waals surface area (Å²) in [6, 6.07) is 12.5. The number of hydrogen-bond donors (Lipinski definition) is 1. The van der Waals surface area contributed by atoms with Gasteiger partial charge in [-0.25, -0.2) is 0 Å². The number of carbonyl (C=O) groups excluding carboxylic acids is 2. The third-order valence-corrected chi connectivity index (χ3v) is 6.08. The third kappa shape index (κ3) is 5.70. The molecule has 1 fully saturated rings. The number of amides is 2. The Bertz CT molecular complexity index is 943. The van der Waals surface area contributed by atoms with Crippen molar-refractivity contribution in [2.24, 2.45) is 0 Å². The minimum absolute atomic E-state index is 0.0106. The van der Waals surface area contributed by atoms with Crippen molar-refractivity contribution in [3.63, 3.8) is 0 Å². The molecule has 0 spiro atoms. The molecule has 0 aromatic heterocycles. The number of nitrogens with one attached hydrogen (secondary N) is 1. The fraction of sp³-hybridized carbons (Fsp3) is 0.391. The fourth-order valence-electron chi connectivity index (χ4n) is 3.92. The highest BCUT2D eigenvalue weighted by Crippen LogP contribution is 2.25. The second kappa shape index (κ2) is 9.90. The van der Waals surface area contributed by atoms with Gasteiger partial charge in [0.1, 0.15) is 11.9 Å². The second-order valence-corrected chi connectivity index (χ2v) is 8.70. The van der Waals surface area contributed by atoms with Crippen LogP contribution in [0.1, 0.15) is 24.0 Å². The molecule has 2 aliphatic rings. The number of ether oxygens (including phenoxy) is 2. The highest BCUT2D eigenvalue weighted by molar-refractivity contribution is 6.30. The van der Waals surface area contributed by atoms with E-state index in [1.54, 1.807) is 24.3 Å². The summed E-state index contributed by atoms with van der Waals surface area (Å²) < 4.78 is 11.3. The molecule has 164 valence electrons. The minimum Gasteiger partial charge on any atom is -0.484 e. The van der Waals surface area contributed by atoms with E-state index in [-0.39, 0.29) is 24.5 Å². The largest absolute Gasteiger partial charge is 0.484 e. The first-order valence-electron chi connectivity index (χ1n) is 10.3. The van der Waals surface area contributed by atoms with Gasteiger partial charge in [-0.05, 0) is 66.8 Å². The van der Waals surface area contributed by atoms with E-state index in [1.165, 1.54) is 5.56 Å². The minimum atomic E-state index is -0.465. The van der Waals surface area contributed by atoms with Crippen molar-refractivity contribution in [2.75, 3.05) is 19.8 Å². The Morgan fingerprint density at radius 3 is 2.58 bits per heavy atom. The van der Waals surface area contributed by atoms with Gasteiger partial charge in [0, 0.05) is 23.1 Å². The molecule has 31 heavy (non-hydrogen) atoms. The van der Waals surface area contributed by atoms with Crippen LogP contribution in [0.3, 0.4) is 0 Å². The molecule has 0 aliphatic carbocycles. The molecule has 0 radical (unpaired) electrons. The highest BCUT2D eigenvalue weighted by Gasteiger charge is 2.32. The predicted molar refractivity (Wildman–Crippen MR) is 118 cm³/mol. The standard InChI is InChI=1S/C23H24Cl2N2O4/c24-17-3-6-20(7-4-17)30-14-22(28)26-19-5-8-21(31-13-19)23(29)27-10-9-15-11-18(25)2-1-16(15)12-27/h1-4,6-7,11,19,21H,5,8-10,12-14H2,(H,26,28)/t19-,21+/m1/s1. The molecule has 2 aromatic rings. The van der Waals surface area contributed by atoms with Crippen molar-refractivity contribution >= 4 is 35.0 Å². The van der Waals surface area contributed by atoms with Gasteiger partial charge in [0.2, 0.25) is 0 Å². The zero-order valence-electron chi connectivity index (χ0n) is 17.0. The Labute approximate surface area is 191 Å². The number of rotatable bonds is 5. The summed E-state index contributed by atoms with van der Waals surface area (Å²) >= 11 is 11.9. The van der Waals surface area contributed by atoms with Crippen LogP contribution < -0.4 is 10.1 Å². The quantitative estimate of drug-likeness (QED) is 0.736. The summed E-state index contributed by atoms with van der Waals surface area (Å²) in [4.78, 5) is 26.9. The average Bonchev–Trinajstić information content (AvgIpc) is 2.78. The summed E-state index contributed by atoms with van der Waals surface area (Å²) in [5, 5.41) is 4.24. The van der Waals surface area contributed by atoms with Crippen molar-refractivity contribution in [1.82, 2.24) is 10.2 Å². The molecule has 2 heterocycles. The number of nitrogens with zero attached hydrogens (tertiary/aromatic N) is 1. The summed E-state index contributed by atoms with van der Waals surface area (Å²) in [5.74, 6) is 0.367. The highest BCUT2D eigenvalue weighted by atomic mass is 35.5. The van der Waals surface area contributed by atoms with Crippen LogP contribution in [0.15, 0.2) is 42.5 Å². The molecule has 1 saturated heterocycles. The summed E-state index contributed by atoms with van der Waals surface area (Å²) in [6.45, 7) is 1.46. The van der Waals surface area contributed by atoms with E-state index < -0.39 is 6.10 Å². The number of fused-ring (bicyclic) bond motifs is 1. The van der Waals surface area contributed by atoms with Gasteiger partial charge in [-0.1, -0.05) is 29.3 Å². The number of benzene rings is 2. The normalized spacial score (nSPS) is 20.6. The molecule has 2 amide bonds. The van der Waals surface area contributed by atoms with Crippen LogP contribution in [0, 0.1) is 0 Å². The van der Waals surface area contributed by atoms with Gasteiger partial charge in [-0.3, -0.25) is 9.59 Å². The third-order valence-electron chi connectivity index (χ3n) is 5.59. The molecule has 1 N–H and O–H groups in total. The maximum absolute atomic E-state index is 12.9. The first-order valence-corrected chi connectivity index (χ1v) is 11.1. The Balaban J connectivity index is 1.21. The first kappa shape index (κ1) is 21.9. The van der Waals surface area contributed by atoms with Crippen LogP contribution >= 0.6 is 23.2 Å². The van der Waals surface area contributed by atoms with Crippen molar-refractivity contribution < 1.29 is 19.1 Å². The second-order valence-electron chi connectivity index (χ2n) is 7.83. The molecule has 0 unspecified atom stereocenters. The topological polar surface area (TPSA) is 67.9 Å². The van der Waals surface area contributed by atoms with Crippen LogP contribution in [-0.2, 0) is 27.3 Å². The van der Waals surface area contributed by atoms with Gasteiger partial charge >= 0.3 is 0 Å². The smallest absolute Gasteiger partial charge is 0.258 e. The molecule has 8 heteroatoms. The first-order chi connectivity index (χ1) is 15.0. The van der Waals surface area contributed by atoms with Gasteiger partial charge in [0.25, 0.3) is 11.8 Å². The Kier molecular flexibility index (Phi) is 7.00. The summed E-state index contributed by atoms with van der Waals surface area (Å²) in [7, 11) is 0. The van der Waals surface area contributed by atoms with E-state index in [4.69, 9.17) is 32.7 Å². The van der Waals surface area contributed by atoms with Crippen LogP contribution in [-0.4, -0.2) is 48.6 Å². The molecule has 4 rings (SSSR count). The molecule has 2 aromatic carbocycles. The van der Waals surface area contributed by atoms with Gasteiger partial charge < -0.3 is 19.7 Å². The van der Waals surface area contributed by atoms with Gasteiger partial charge in [0.05, 0.1) is 12.6 Å². The number of hydrogen-bond acceptors (Lipinski definition) is 4. The lowest BCUT2D eigenvalue weighted by Crippen LogP contribution is -2.49. The van der Waals surface area contributed by atoms with E-state index in [0.717, 1.165) is 17.0 Å². The number of carbonyl (C=O) groups is 2. The molecule has 0 bridgehead atoms. The lowest BCUT2D eigenvalue weighted by atomic mass is 9.98. The SMILES string of the molecule is O=C(COc1ccc(Cl)cc1)N[C@@H]1CC[C@@H](C(=O)N2CCc3cc(Cl)ccc3C2)OC1. The average molecular weight is 463 g/mol. The van der Waals surface area contributed by atoms with Gasteiger partial charge in [-0.2, -0.15) is 0 Å². The Morgan fingerprint density at radius 2 is 1.84 bits per heavy atom. The van der Waals surface area contributed by atoms with Gasteiger partial charge in [-0.15, -0.1) is 0 Å². The Hall–Kier alpha value is -2.28. The van der Waals surface area contributed by atoms with Crippen molar-refractivity contribution in [3.05, 3.63) is 63.6 Å². The summed E-state index contributed by atoms with van der Waals surface area (Å²) in [5.41, 5.74) is 2.33. The zero-order chi connectivity index (χ0) is 21.8. The van der Waals surface area contributed by atoms with E-state index in [1.807, 2.05) is 23.1 Å². The monoisotopic (exact) mass is 462 g/mol. The van der Waals surface area contributed by atoms with E-state index in [2.05, 4.69) is 5.32 Å². The molecule has 0 saturated carbocycles. The zero-order valence-corrected chi connectivity index (χ0v) is 18.5. The van der Waals surface area contributed by atoms with E-state index >= 15 is 0 Å². The molecular formula is C23H24Cl2N2O4. The molecule has 6 nitrogen and oxygen atoms in total. The Morgan fingerprint density at radius 1 is 1.06 bits per heavy atom. The van der Waals surface area contributed by atoms with Crippen LogP contribution in [0.2, 0.25) is 10.0 Å². The number of halogens is 2. The molecule has 2 aliphatic heterocycles. The van der Waals surface area contributed by atoms with Gasteiger partial charge in [0.15, 0.2) is 6.61 Å². The maximum atomic E-state index is 12.9. The molecular weight excluding hydrogens is 439 g/mol.